The SMILES string of the molecule is CC(=NNc1ccc(N([O-])[O-])cc1N(O)O)c1ccccc1. The Balaban J connectivity index is 2.26. The predicted molar refractivity (Wildman–Crippen MR) is 84.0 cm³/mol. The first-order valence-electron chi connectivity index (χ1n) is 6.31. The molecule has 0 atom stereocenters. The summed E-state index contributed by atoms with van der Waals surface area (Å²) in [5.74, 6) is 0. The summed E-state index contributed by atoms with van der Waals surface area (Å²) < 4.78 is 0. The summed E-state index contributed by atoms with van der Waals surface area (Å²) in [5.41, 5.74) is 3.99. The quantitative estimate of drug-likeness (QED) is 0.574. The van der Waals surface area contributed by atoms with Gasteiger partial charge in [0.1, 0.15) is 5.69 Å². The average molecular weight is 302 g/mol. The number of hydrogen-bond acceptors (Lipinski definition) is 8. The van der Waals surface area contributed by atoms with Gasteiger partial charge in [0.05, 0.1) is 11.4 Å². The molecule has 2 aromatic rings. The second kappa shape index (κ2) is 6.87. The molecule has 0 saturated heterocycles. The number of hydrogen-bond donors (Lipinski definition) is 3. The summed E-state index contributed by atoms with van der Waals surface area (Å²) in [5, 5.41) is 43.1. The maximum Gasteiger partial charge on any atom is 0.121 e. The lowest BCUT2D eigenvalue weighted by Gasteiger charge is -2.37. The zero-order valence-electron chi connectivity index (χ0n) is 11.7. The number of hydrazone groups is 1. The molecule has 0 aromatic heterocycles. The van der Waals surface area contributed by atoms with E-state index in [0.29, 0.717) is 5.71 Å². The van der Waals surface area contributed by atoms with E-state index in [4.69, 9.17) is 0 Å². The minimum Gasteiger partial charge on any atom is -0.769 e. The molecule has 0 aliphatic rings. The maximum absolute atomic E-state index is 10.7. The van der Waals surface area contributed by atoms with Crippen LogP contribution in [0.4, 0.5) is 17.1 Å². The minimum absolute atomic E-state index is 0.182. The normalized spacial score (nSPS) is 11.2. The van der Waals surface area contributed by atoms with Gasteiger partial charge < -0.3 is 15.6 Å². The van der Waals surface area contributed by atoms with Crippen LogP contribution in [-0.4, -0.2) is 16.1 Å². The number of benzene rings is 2. The second-order valence-corrected chi connectivity index (χ2v) is 4.42. The van der Waals surface area contributed by atoms with E-state index in [1.54, 1.807) is 6.92 Å². The van der Waals surface area contributed by atoms with E-state index < -0.39 is 5.23 Å². The van der Waals surface area contributed by atoms with Crippen LogP contribution in [0.25, 0.3) is 0 Å². The Labute approximate surface area is 126 Å². The van der Waals surface area contributed by atoms with Gasteiger partial charge in [0.15, 0.2) is 0 Å². The molecule has 3 N–H and O–H groups in total. The van der Waals surface area contributed by atoms with E-state index in [1.807, 2.05) is 30.3 Å². The first-order chi connectivity index (χ1) is 10.5. The zero-order valence-corrected chi connectivity index (χ0v) is 11.7. The highest BCUT2D eigenvalue weighted by Gasteiger charge is 2.08. The van der Waals surface area contributed by atoms with Gasteiger partial charge in [-0.15, -0.1) is 5.23 Å². The van der Waals surface area contributed by atoms with E-state index in [-0.39, 0.29) is 22.3 Å². The van der Waals surface area contributed by atoms with Crippen LogP contribution in [-0.2, 0) is 0 Å². The monoisotopic (exact) mass is 302 g/mol. The number of nitrogens with zero attached hydrogens (tertiary/aromatic N) is 3. The highest BCUT2D eigenvalue weighted by Crippen LogP contribution is 2.29. The molecular formula is C14H14N4O4-2. The van der Waals surface area contributed by atoms with Crippen LogP contribution in [0.3, 0.4) is 0 Å². The number of nitrogens with one attached hydrogen (secondary N) is 1. The molecule has 2 aromatic carbocycles. The summed E-state index contributed by atoms with van der Waals surface area (Å²) in [7, 11) is 0. The molecule has 0 heterocycles. The average Bonchev–Trinajstić information content (AvgIpc) is 2.53. The molecule has 0 amide bonds. The van der Waals surface area contributed by atoms with Crippen molar-refractivity contribution in [2.24, 2.45) is 5.10 Å². The molecule has 0 radical (unpaired) electrons. The Hall–Kier alpha value is -2.65. The summed E-state index contributed by atoms with van der Waals surface area (Å²) >= 11 is 0. The van der Waals surface area contributed by atoms with Crippen molar-refractivity contribution in [2.45, 2.75) is 6.92 Å². The summed E-state index contributed by atoms with van der Waals surface area (Å²) in [4.78, 5) is 0. The molecule has 22 heavy (non-hydrogen) atoms. The molecule has 2 rings (SSSR count). The van der Waals surface area contributed by atoms with Crippen LogP contribution >= 0.6 is 0 Å². The van der Waals surface area contributed by atoms with Crippen molar-refractivity contribution in [3.63, 3.8) is 0 Å². The van der Waals surface area contributed by atoms with Crippen molar-refractivity contribution in [1.29, 1.82) is 0 Å². The van der Waals surface area contributed by atoms with E-state index in [2.05, 4.69) is 10.5 Å². The minimum atomic E-state index is -0.630. The van der Waals surface area contributed by atoms with Crippen LogP contribution < -0.4 is 15.9 Å². The highest BCUT2D eigenvalue weighted by atomic mass is 16.8. The lowest BCUT2D eigenvalue weighted by atomic mass is 10.1. The van der Waals surface area contributed by atoms with Gasteiger partial charge in [0.2, 0.25) is 0 Å². The summed E-state index contributed by atoms with van der Waals surface area (Å²) in [6.45, 7) is 1.78. The molecule has 8 heteroatoms. The van der Waals surface area contributed by atoms with Crippen LogP contribution in [0.15, 0.2) is 53.6 Å². The third kappa shape index (κ3) is 3.71. The Morgan fingerprint density at radius 2 is 1.77 bits per heavy atom. The van der Waals surface area contributed by atoms with Crippen molar-refractivity contribution >= 4 is 22.8 Å². The molecule has 0 aliphatic heterocycles. The van der Waals surface area contributed by atoms with E-state index in [9.17, 15) is 20.8 Å². The standard InChI is InChI=1S/C14H14N4O4/c1-10(11-5-3-2-4-6-11)15-16-13-8-7-12(17(19)20)9-14(13)18(21)22/h2-9,16,21-22H,1H3/q-2. The molecule has 0 spiro atoms. The van der Waals surface area contributed by atoms with Crippen molar-refractivity contribution in [2.75, 3.05) is 15.9 Å². The topological polar surface area (TPSA) is 117 Å². The van der Waals surface area contributed by atoms with Gasteiger partial charge in [0, 0.05) is 5.69 Å². The van der Waals surface area contributed by atoms with Crippen molar-refractivity contribution < 1.29 is 10.4 Å². The van der Waals surface area contributed by atoms with Gasteiger partial charge >= 0.3 is 0 Å². The van der Waals surface area contributed by atoms with E-state index >= 15 is 0 Å². The fourth-order valence-corrected chi connectivity index (χ4v) is 1.78. The first-order valence-corrected chi connectivity index (χ1v) is 6.31. The van der Waals surface area contributed by atoms with Gasteiger partial charge in [-0.05, 0) is 30.7 Å². The molecular weight excluding hydrogens is 288 g/mol. The lowest BCUT2D eigenvalue weighted by molar-refractivity contribution is 0.0295. The fourth-order valence-electron chi connectivity index (χ4n) is 1.78. The smallest absolute Gasteiger partial charge is 0.121 e. The predicted octanol–water partition coefficient (Wildman–Crippen LogP) is 2.91. The van der Waals surface area contributed by atoms with Gasteiger partial charge in [-0.25, -0.2) is 0 Å². The number of rotatable bonds is 5. The van der Waals surface area contributed by atoms with Gasteiger partial charge in [-0.1, -0.05) is 30.3 Å². The highest BCUT2D eigenvalue weighted by molar-refractivity contribution is 5.99. The number of anilines is 3. The molecule has 0 saturated carbocycles. The molecule has 0 aliphatic carbocycles. The third-order valence-electron chi connectivity index (χ3n) is 2.94. The van der Waals surface area contributed by atoms with E-state index in [0.717, 1.165) is 11.6 Å². The fraction of sp³-hybridized carbons (Fsp3) is 0.0714. The van der Waals surface area contributed by atoms with Crippen molar-refractivity contribution in [1.82, 2.24) is 0 Å². The Kier molecular flexibility index (Phi) is 4.92. The summed E-state index contributed by atoms with van der Waals surface area (Å²) in [6, 6.07) is 13.0. The molecule has 0 unspecified atom stereocenters. The summed E-state index contributed by atoms with van der Waals surface area (Å²) in [6.07, 6.45) is 0. The second-order valence-electron chi connectivity index (χ2n) is 4.42. The Bertz CT molecular complexity index is 659. The molecule has 0 fully saturated rings. The van der Waals surface area contributed by atoms with Crippen LogP contribution in [0.1, 0.15) is 12.5 Å². The van der Waals surface area contributed by atoms with Gasteiger partial charge in [-0.3, -0.25) is 15.8 Å². The van der Waals surface area contributed by atoms with Crippen LogP contribution in [0.5, 0.6) is 0 Å². The third-order valence-corrected chi connectivity index (χ3v) is 2.94. The largest absolute Gasteiger partial charge is 0.769 e. The van der Waals surface area contributed by atoms with Crippen molar-refractivity contribution in [3.05, 3.63) is 64.5 Å². The first kappa shape index (κ1) is 15.7. The van der Waals surface area contributed by atoms with Crippen molar-refractivity contribution in [3.8, 4) is 0 Å². The lowest BCUT2D eigenvalue weighted by Crippen LogP contribution is -2.14. The van der Waals surface area contributed by atoms with Gasteiger partial charge in [-0.2, -0.15) is 5.10 Å². The Morgan fingerprint density at radius 1 is 1.09 bits per heavy atom. The molecule has 8 nitrogen and oxygen atoms in total. The van der Waals surface area contributed by atoms with Crippen LogP contribution in [0.2, 0.25) is 0 Å². The van der Waals surface area contributed by atoms with Crippen LogP contribution in [0, 0.1) is 10.4 Å². The molecule has 116 valence electrons. The van der Waals surface area contributed by atoms with Gasteiger partial charge in [0.25, 0.3) is 0 Å². The molecule has 0 bridgehead atoms. The Morgan fingerprint density at radius 3 is 2.36 bits per heavy atom. The van der Waals surface area contributed by atoms with E-state index in [1.165, 1.54) is 12.1 Å². The zero-order chi connectivity index (χ0) is 16.1. The maximum atomic E-state index is 10.7.